The normalized spacial score (nSPS) is 46.1. The number of rotatable bonds is 2. The summed E-state index contributed by atoms with van der Waals surface area (Å²) in [5, 5.41) is 12.9. The highest BCUT2D eigenvalue weighted by atomic mass is 16.7. The van der Waals surface area contributed by atoms with Crippen molar-refractivity contribution in [3.63, 3.8) is 0 Å². The smallest absolute Gasteiger partial charge is 0.334 e. The van der Waals surface area contributed by atoms with Crippen molar-refractivity contribution in [2.75, 3.05) is 6.61 Å². The zero-order valence-electron chi connectivity index (χ0n) is 21.6. The van der Waals surface area contributed by atoms with Crippen molar-refractivity contribution in [2.45, 2.75) is 85.4 Å². The van der Waals surface area contributed by atoms with E-state index in [4.69, 9.17) is 14.2 Å². The van der Waals surface area contributed by atoms with Crippen LogP contribution in [0.1, 0.15) is 61.8 Å². The molecule has 8 atom stereocenters. The van der Waals surface area contributed by atoms with Crippen LogP contribution in [-0.2, 0) is 23.8 Å². The fraction of sp³-hybridized carbons (Fsp3) is 0.714. The van der Waals surface area contributed by atoms with Gasteiger partial charge in [0, 0.05) is 11.5 Å². The molecule has 5 aliphatic rings. The number of ketones is 1. The Morgan fingerprint density at radius 1 is 1.26 bits per heavy atom. The molecule has 2 bridgehead atoms. The maximum Gasteiger partial charge on any atom is 0.334 e. The Morgan fingerprint density at radius 3 is 2.59 bits per heavy atom. The van der Waals surface area contributed by atoms with E-state index in [2.05, 4.69) is 20.8 Å². The number of hydrogen-bond acceptors (Lipinski definition) is 6. The summed E-state index contributed by atoms with van der Waals surface area (Å²) in [6.45, 7) is 15.8. The molecule has 5 rings (SSSR count). The highest BCUT2D eigenvalue weighted by Gasteiger charge is 2.77. The zero-order chi connectivity index (χ0) is 25.0. The van der Waals surface area contributed by atoms with Gasteiger partial charge in [-0.05, 0) is 75.4 Å². The Labute approximate surface area is 202 Å². The van der Waals surface area contributed by atoms with E-state index in [9.17, 15) is 14.7 Å². The molecule has 0 aromatic rings. The minimum Gasteiger partial charge on any atom is -0.451 e. The van der Waals surface area contributed by atoms with Crippen LogP contribution in [0.3, 0.4) is 0 Å². The number of ether oxygens (including phenoxy) is 3. The molecule has 1 spiro atoms. The molecule has 0 amide bonds. The van der Waals surface area contributed by atoms with Gasteiger partial charge < -0.3 is 19.3 Å². The number of carbonyl (C=O) groups is 2. The van der Waals surface area contributed by atoms with Crippen molar-refractivity contribution in [3.05, 3.63) is 34.9 Å². The first-order valence-corrected chi connectivity index (χ1v) is 12.5. The van der Waals surface area contributed by atoms with Gasteiger partial charge in [0.15, 0.2) is 23.3 Å². The fourth-order valence-corrected chi connectivity index (χ4v) is 7.62. The second-order valence-electron chi connectivity index (χ2n) is 12.2. The molecule has 6 heteroatoms. The van der Waals surface area contributed by atoms with E-state index in [0.29, 0.717) is 17.1 Å². The van der Waals surface area contributed by atoms with Crippen LogP contribution in [0.4, 0.5) is 0 Å². The van der Waals surface area contributed by atoms with Gasteiger partial charge in [0.05, 0.1) is 12.0 Å². The van der Waals surface area contributed by atoms with Gasteiger partial charge in [-0.1, -0.05) is 39.0 Å². The maximum absolute atomic E-state index is 14.6. The van der Waals surface area contributed by atoms with E-state index >= 15 is 0 Å². The number of Topliss-reactive ketones (excluding diaryl/α,β-unsaturated/α-hetero) is 1. The third kappa shape index (κ3) is 2.85. The molecular formula is C28H38O6. The molecule has 186 valence electrons. The molecule has 34 heavy (non-hydrogen) atoms. The van der Waals surface area contributed by atoms with Crippen molar-refractivity contribution in [2.24, 2.45) is 34.5 Å². The molecule has 2 unspecified atom stereocenters. The monoisotopic (exact) mass is 470 g/mol. The summed E-state index contributed by atoms with van der Waals surface area (Å²) in [7, 11) is 0. The number of allylic oxidation sites excluding steroid dienone is 2. The topological polar surface area (TPSA) is 82.1 Å². The van der Waals surface area contributed by atoms with E-state index in [1.54, 1.807) is 19.9 Å². The predicted molar refractivity (Wildman–Crippen MR) is 126 cm³/mol. The Morgan fingerprint density at radius 2 is 1.94 bits per heavy atom. The predicted octanol–water partition coefficient (Wildman–Crippen LogP) is 4.13. The number of aliphatic hydroxyl groups is 1. The van der Waals surface area contributed by atoms with Gasteiger partial charge in [-0.15, -0.1) is 0 Å². The summed E-state index contributed by atoms with van der Waals surface area (Å²) in [4.78, 5) is 27.5. The van der Waals surface area contributed by atoms with Crippen LogP contribution in [0.2, 0.25) is 0 Å². The SMILES string of the molecule is C/C=C(/C)C(=O)O[C@H]1C(C)=CC23C(=O)[C@@H](C=C4COC(C)(C)O[C@H]4[C@]12O)[C@H]1[C@@H](CC3C)C1(C)C. The lowest BCUT2D eigenvalue weighted by Crippen LogP contribution is -2.68. The summed E-state index contributed by atoms with van der Waals surface area (Å²) in [5.74, 6) is -1.30. The number of fused-ring (bicyclic) bond motifs is 5. The van der Waals surface area contributed by atoms with Gasteiger partial charge >= 0.3 is 5.97 Å². The lowest BCUT2D eigenvalue weighted by molar-refractivity contribution is -0.303. The first-order chi connectivity index (χ1) is 15.7. The van der Waals surface area contributed by atoms with Crippen LogP contribution >= 0.6 is 0 Å². The van der Waals surface area contributed by atoms with E-state index in [0.717, 1.165) is 12.0 Å². The first-order valence-electron chi connectivity index (χ1n) is 12.5. The Bertz CT molecular complexity index is 1050. The summed E-state index contributed by atoms with van der Waals surface area (Å²) in [6.07, 6.45) is 4.62. The second-order valence-corrected chi connectivity index (χ2v) is 12.2. The minimum absolute atomic E-state index is 0.0181. The van der Waals surface area contributed by atoms with E-state index in [1.807, 2.05) is 32.9 Å². The van der Waals surface area contributed by atoms with Crippen LogP contribution in [0.25, 0.3) is 0 Å². The quantitative estimate of drug-likeness (QED) is 0.371. The van der Waals surface area contributed by atoms with Crippen molar-refractivity contribution in [1.82, 2.24) is 0 Å². The largest absolute Gasteiger partial charge is 0.451 e. The number of carbonyl (C=O) groups excluding carboxylic acids is 2. The van der Waals surface area contributed by atoms with Crippen LogP contribution < -0.4 is 0 Å². The molecule has 4 aliphatic carbocycles. The van der Waals surface area contributed by atoms with Crippen molar-refractivity contribution in [1.29, 1.82) is 0 Å². The standard InChI is InChI=1S/C28H38O6/c1-9-14(2)24(30)33-22-15(3)12-27-16(4)10-19-20(25(19,5)6)18(21(27)29)11-17-13-32-26(7,8)34-23(17)28(22,27)31/h9,11-12,16,18-20,22-23,31H,10,13H2,1-8H3/b14-9-/t16?,18-,19+,20-,22-,23+,27?,28+/m0/s1. The molecule has 1 saturated heterocycles. The highest BCUT2D eigenvalue weighted by molar-refractivity contribution is 5.96. The van der Waals surface area contributed by atoms with Gasteiger partial charge in [0.25, 0.3) is 0 Å². The third-order valence-corrected chi connectivity index (χ3v) is 9.65. The van der Waals surface area contributed by atoms with Crippen LogP contribution in [0.5, 0.6) is 0 Å². The summed E-state index contributed by atoms with van der Waals surface area (Å²) >= 11 is 0. The molecule has 6 nitrogen and oxygen atoms in total. The highest BCUT2D eigenvalue weighted by Crippen LogP contribution is 2.72. The van der Waals surface area contributed by atoms with Crippen LogP contribution in [0, 0.1) is 34.5 Å². The Balaban J connectivity index is 1.72. The van der Waals surface area contributed by atoms with Crippen molar-refractivity contribution >= 4 is 11.8 Å². The van der Waals surface area contributed by atoms with Crippen molar-refractivity contribution in [3.8, 4) is 0 Å². The summed E-state index contributed by atoms with van der Waals surface area (Å²) < 4.78 is 18.4. The Hall–Kier alpha value is -1.76. The zero-order valence-corrected chi connectivity index (χ0v) is 21.6. The molecular weight excluding hydrogens is 432 g/mol. The van der Waals surface area contributed by atoms with Gasteiger partial charge in [-0.3, -0.25) is 4.79 Å². The van der Waals surface area contributed by atoms with Gasteiger partial charge in [-0.25, -0.2) is 4.79 Å². The molecule has 0 aromatic heterocycles. The summed E-state index contributed by atoms with van der Waals surface area (Å²) in [6, 6.07) is 0. The van der Waals surface area contributed by atoms with Gasteiger partial charge in [0.2, 0.25) is 0 Å². The molecule has 1 heterocycles. The van der Waals surface area contributed by atoms with E-state index in [1.165, 1.54) is 0 Å². The lowest BCUT2D eigenvalue weighted by atomic mass is 9.59. The lowest BCUT2D eigenvalue weighted by Gasteiger charge is -2.52. The molecule has 1 aliphatic heterocycles. The average molecular weight is 471 g/mol. The first kappa shape index (κ1) is 24.0. The van der Waals surface area contributed by atoms with Crippen LogP contribution in [0.15, 0.2) is 34.9 Å². The average Bonchev–Trinajstić information content (AvgIpc) is 3.25. The minimum atomic E-state index is -1.76. The van der Waals surface area contributed by atoms with E-state index < -0.39 is 35.0 Å². The van der Waals surface area contributed by atoms with Gasteiger partial charge in [-0.2, -0.15) is 0 Å². The molecule has 0 radical (unpaired) electrons. The molecule has 0 aromatic carbocycles. The van der Waals surface area contributed by atoms with Crippen molar-refractivity contribution < 1.29 is 28.9 Å². The maximum atomic E-state index is 14.6. The third-order valence-electron chi connectivity index (χ3n) is 9.65. The van der Waals surface area contributed by atoms with Gasteiger partial charge in [0.1, 0.15) is 6.10 Å². The molecule has 2 saturated carbocycles. The summed E-state index contributed by atoms with van der Waals surface area (Å²) in [5.41, 5.74) is -0.994. The van der Waals surface area contributed by atoms with Crippen LogP contribution in [-0.4, -0.2) is 47.1 Å². The Kier molecular flexibility index (Phi) is 5.03. The number of esters is 1. The molecule has 1 N–H and O–H groups in total. The van der Waals surface area contributed by atoms with E-state index in [-0.39, 0.29) is 35.6 Å². The second kappa shape index (κ2) is 7.14. The molecule has 3 fully saturated rings. The fourth-order valence-electron chi connectivity index (χ4n) is 7.62. The number of hydrogen-bond donors (Lipinski definition) is 1.